The number of carboxylic acids is 1. The molecule has 0 spiro atoms. The Balaban J connectivity index is 2.33. The van der Waals surface area contributed by atoms with Crippen LogP contribution >= 0.6 is 0 Å². The molecule has 0 radical (unpaired) electrons. The quantitative estimate of drug-likeness (QED) is 0.818. The van der Waals surface area contributed by atoms with Crippen molar-refractivity contribution in [3.8, 4) is 5.75 Å². The van der Waals surface area contributed by atoms with E-state index in [0.29, 0.717) is 5.75 Å². The van der Waals surface area contributed by atoms with E-state index in [-0.39, 0.29) is 11.3 Å². The second-order valence-corrected chi connectivity index (χ2v) is 8.11. The van der Waals surface area contributed by atoms with Gasteiger partial charge in [0.2, 0.25) is 0 Å². The maximum absolute atomic E-state index is 12.9. The third-order valence-corrected chi connectivity index (χ3v) is 6.45. The van der Waals surface area contributed by atoms with Crippen LogP contribution in [0.4, 0.5) is 0 Å². The Morgan fingerprint density at radius 3 is 2.24 bits per heavy atom. The van der Waals surface area contributed by atoms with E-state index in [9.17, 15) is 18.3 Å². The molecule has 1 atom stereocenters. The maximum Gasteiger partial charge on any atom is 0.325 e. The lowest BCUT2D eigenvalue weighted by Crippen LogP contribution is -2.43. The van der Waals surface area contributed by atoms with E-state index in [4.69, 9.17) is 4.74 Å². The summed E-state index contributed by atoms with van der Waals surface area (Å²) in [4.78, 5) is 11.7. The van der Waals surface area contributed by atoms with Crippen LogP contribution < -0.4 is 4.74 Å². The molecule has 0 aromatic heterocycles. The molecule has 0 aliphatic carbocycles. The Morgan fingerprint density at radius 1 is 1.12 bits per heavy atom. The maximum atomic E-state index is 12.9. The fraction of sp³-hybridized carbons (Fsp3) is 0.211. The van der Waals surface area contributed by atoms with Gasteiger partial charge >= 0.3 is 5.97 Å². The summed E-state index contributed by atoms with van der Waals surface area (Å²) >= 11 is 0. The number of ether oxygens (including phenoxy) is 1. The Labute approximate surface area is 147 Å². The third-order valence-electron chi connectivity index (χ3n) is 4.03. The van der Waals surface area contributed by atoms with Gasteiger partial charge in [-0.15, -0.1) is 0 Å². The summed E-state index contributed by atoms with van der Waals surface area (Å²) in [7, 11) is -2.61. The van der Waals surface area contributed by atoms with Crippen LogP contribution in [0.5, 0.6) is 5.75 Å². The van der Waals surface area contributed by atoms with Gasteiger partial charge in [0, 0.05) is 0 Å². The number of rotatable bonds is 7. The minimum absolute atomic E-state index is 0.0497. The van der Waals surface area contributed by atoms with E-state index in [1.807, 2.05) is 30.3 Å². The highest BCUT2D eigenvalue weighted by Gasteiger charge is 2.46. The zero-order chi connectivity index (χ0) is 18.5. The molecule has 6 heteroatoms. The summed E-state index contributed by atoms with van der Waals surface area (Å²) in [6.07, 6.45) is 3.14. The van der Waals surface area contributed by atoms with Crippen LogP contribution in [-0.2, 0) is 14.6 Å². The van der Waals surface area contributed by atoms with Crippen molar-refractivity contribution in [1.29, 1.82) is 0 Å². The fourth-order valence-electron chi connectivity index (χ4n) is 2.31. The highest BCUT2D eigenvalue weighted by Crippen LogP contribution is 2.31. The highest BCUT2D eigenvalue weighted by atomic mass is 32.2. The molecular weight excluding hydrogens is 340 g/mol. The van der Waals surface area contributed by atoms with Gasteiger partial charge in [-0.25, -0.2) is 8.42 Å². The van der Waals surface area contributed by atoms with Gasteiger partial charge in [0.05, 0.1) is 12.0 Å². The smallest absolute Gasteiger partial charge is 0.325 e. The summed E-state index contributed by atoms with van der Waals surface area (Å²) in [6, 6.07) is 15.0. The molecule has 0 saturated heterocycles. The number of methoxy groups -OCH3 is 1. The molecule has 2 aromatic carbocycles. The lowest BCUT2D eigenvalue weighted by molar-refractivity contribution is -0.139. The van der Waals surface area contributed by atoms with Crippen LogP contribution in [-0.4, -0.2) is 31.4 Å². The molecule has 1 unspecified atom stereocenters. The molecule has 5 nitrogen and oxygen atoms in total. The SMILES string of the molecule is COc1ccc(S(=O)(=O)C(C)(C/C=C/c2ccccc2)C(=O)O)cc1. The second-order valence-electron chi connectivity index (χ2n) is 5.73. The Bertz CT molecular complexity index is 854. The number of carboxylic acid groups (broad SMARTS) is 1. The van der Waals surface area contributed by atoms with Gasteiger partial charge < -0.3 is 9.84 Å². The van der Waals surface area contributed by atoms with E-state index in [2.05, 4.69) is 0 Å². The van der Waals surface area contributed by atoms with Crippen LogP contribution in [0, 0.1) is 0 Å². The summed E-state index contributed by atoms with van der Waals surface area (Å²) in [5.74, 6) is -0.888. The Kier molecular flexibility index (Phi) is 5.64. The molecule has 0 aliphatic rings. The van der Waals surface area contributed by atoms with Crippen LogP contribution in [0.25, 0.3) is 6.08 Å². The van der Waals surface area contributed by atoms with Gasteiger partial charge in [0.1, 0.15) is 5.75 Å². The van der Waals surface area contributed by atoms with E-state index in [1.165, 1.54) is 38.3 Å². The van der Waals surface area contributed by atoms with Gasteiger partial charge in [0.15, 0.2) is 14.6 Å². The van der Waals surface area contributed by atoms with Gasteiger partial charge in [-0.1, -0.05) is 42.5 Å². The van der Waals surface area contributed by atoms with E-state index in [1.54, 1.807) is 12.2 Å². The number of aliphatic carboxylic acids is 1. The van der Waals surface area contributed by atoms with Gasteiger partial charge in [-0.05, 0) is 43.2 Å². The van der Waals surface area contributed by atoms with Crippen molar-refractivity contribution < 1.29 is 23.1 Å². The minimum atomic E-state index is -4.09. The first-order valence-corrected chi connectivity index (χ1v) is 9.13. The molecule has 0 bridgehead atoms. The third kappa shape index (κ3) is 3.91. The average molecular weight is 360 g/mol. The Hall–Kier alpha value is -2.60. The predicted molar refractivity (Wildman–Crippen MR) is 96.3 cm³/mol. The van der Waals surface area contributed by atoms with Gasteiger partial charge in [0.25, 0.3) is 0 Å². The first-order valence-electron chi connectivity index (χ1n) is 7.65. The molecule has 0 heterocycles. The topological polar surface area (TPSA) is 80.7 Å². The van der Waals surface area contributed by atoms with Crippen molar-refractivity contribution in [2.45, 2.75) is 23.0 Å². The molecule has 25 heavy (non-hydrogen) atoms. The summed E-state index contributed by atoms with van der Waals surface area (Å²) in [6.45, 7) is 1.23. The molecule has 1 N–H and O–H groups in total. The van der Waals surface area contributed by atoms with E-state index in [0.717, 1.165) is 5.56 Å². The van der Waals surface area contributed by atoms with Crippen molar-refractivity contribution in [2.24, 2.45) is 0 Å². The predicted octanol–water partition coefficient (Wildman–Crippen LogP) is 3.42. The van der Waals surface area contributed by atoms with Crippen molar-refractivity contribution in [2.75, 3.05) is 7.11 Å². The lowest BCUT2D eigenvalue weighted by atomic mass is 10.1. The molecular formula is C19H20O5S. The normalized spacial score (nSPS) is 14.2. The summed E-state index contributed by atoms with van der Waals surface area (Å²) in [5, 5.41) is 9.59. The molecule has 0 amide bonds. The molecule has 2 aromatic rings. The van der Waals surface area contributed by atoms with Crippen molar-refractivity contribution in [3.63, 3.8) is 0 Å². The van der Waals surface area contributed by atoms with E-state index < -0.39 is 20.6 Å². The second kappa shape index (κ2) is 7.53. The number of hydrogen-bond acceptors (Lipinski definition) is 4. The molecule has 2 rings (SSSR count). The average Bonchev–Trinajstić information content (AvgIpc) is 2.62. The van der Waals surface area contributed by atoms with Crippen LogP contribution in [0.2, 0.25) is 0 Å². The summed E-state index contributed by atoms with van der Waals surface area (Å²) < 4.78 is 28.8. The standard InChI is InChI=1S/C19H20O5S/c1-19(18(20)21,14-6-9-15-7-4-3-5-8-15)25(22,23)17-12-10-16(24-2)11-13-17/h3-13H,14H2,1-2H3,(H,20,21)/b9-6+. The van der Waals surface area contributed by atoms with Crippen LogP contribution in [0.1, 0.15) is 18.9 Å². The number of sulfone groups is 1. The lowest BCUT2D eigenvalue weighted by Gasteiger charge is -2.23. The van der Waals surface area contributed by atoms with Crippen molar-refractivity contribution >= 4 is 21.9 Å². The van der Waals surface area contributed by atoms with Crippen molar-refractivity contribution in [3.05, 3.63) is 66.2 Å². The van der Waals surface area contributed by atoms with Gasteiger partial charge in [-0.2, -0.15) is 0 Å². The number of benzene rings is 2. The van der Waals surface area contributed by atoms with Crippen LogP contribution in [0.15, 0.2) is 65.6 Å². The zero-order valence-electron chi connectivity index (χ0n) is 14.0. The van der Waals surface area contributed by atoms with Crippen LogP contribution in [0.3, 0.4) is 0 Å². The fourth-order valence-corrected chi connectivity index (χ4v) is 3.87. The first kappa shape index (κ1) is 18.7. The summed E-state index contributed by atoms with van der Waals surface area (Å²) in [5.41, 5.74) is 0.872. The highest BCUT2D eigenvalue weighted by molar-refractivity contribution is 7.93. The Morgan fingerprint density at radius 2 is 1.72 bits per heavy atom. The molecule has 0 aliphatic heterocycles. The number of allylic oxidation sites excluding steroid dienone is 1. The first-order chi connectivity index (χ1) is 11.8. The van der Waals surface area contributed by atoms with Crippen molar-refractivity contribution in [1.82, 2.24) is 0 Å². The molecule has 0 fully saturated rings. The van der Waals surface area contributed by atoms with Gasteiger partial charge in [-0.3, -0.25) is 4.79 Å². The number of carbonyl (C=O) groups is 1. The van der Waals surface area contributed by atoms with E-state index >= 15 is 0 Å². The molecule has 132 valence electrons. The number of hydrogen-bond donors (Lipinski definition) is 1. The minimum Gasteiger partial charge on any atom is -0.497 e. The zero-order valence-corrected chi connectivity index (χ0v) is 14.9. The largest absolute Gasteiger partial charge is 0.497 e. The monoisotopic (exact) mass is 360 g/mol. The molecule has 0 saturated carbocycles.